The number of nitrogens with one attached hydrogen (secondary N) is 1. The fraction of sp³-hybridized carbons (Fsp3) is 0.214. The Hall–Kier alpha value is -1.77. The molecule has 22 heavy (non-hydrogen) atoms. The van der Waals surface area contributed by atoms with Gasteiger partial charge in [-0.15, -0.1) is 11.3 Å². The van der Waals surface area contributed by atoms with Gasteiger partial charge in [-0.05, 0) is 29.6 Å². The van der Waals surface area contributed by atoms with Crippen LogP contribution in [0.15, 0.2) is 40.6 Å². The molecule has 0 bridgehead atoms. The molecule has 0 saturated heterocycles. The van der Waals surface area contributed by atoms with Crippen LogP contribution in [-0.4, -0.2) is 32.7 Å². The molecule has 0 fully saturated rings. The van der Waals surface area contributed by atoms with Crippen LogP contribution in [-0.2, 0) is 16.6 Å². The molecule has 1 aromatic heterocycles. The lowest BCUT2D eigenvalue weighted by Crippen LogP contribution is -2.25. The zero-order valence-electron chi connectivity index (χ0n) is 12.0. The van der Waals surface area contributed by atoms with Crippen molar-refractivity contribution in [3.8, 4) is 0 Å². The average molecular weight is 342 g/mol. The summed E-state index contributed by atoms with van der Waals surface area (Å²) in [6.45, 7) is 0.264. The van der Waals surface area contributed by atoms with E-state index in [1.54, 1.807) is 0 Å². The first-order valence-corrected chi connectivity index (χ1v) is 8.67. The lowest BCUT2D eigenvalue weighted by Gasteiger charge is -2.12. The van der Waals surface area contributed by atoms with Crippen LogP contribution in [0.25, 0.3) is 0 Å². The monoisotopic (exact) mass is 342 g/mol. The number of sulfonamides is 1. The number of carbonyl (C=O) groups is 1. The first-order valence-electron chi connectivity index (χ1n) is 6.35. The molecule has 2 rings (SSSR count). The van der Waals surface area contributed by atoms with E-state index in [1.807, 2.05) is 17.5 Å². The Morgan fingerprint density at radius 3 is 2.64 bits per heavy atom. The molecule has 0 radical (unpaired) electrons. The number of halogens is 1. The number of rotatable bonds is 5. The van der Waals surface area contributed by atoms with Crippen molar-refractivity contribution in [2.24, 2.45) is 0 Å². The summed E-state index contributed by atoms with van der Waals surface area (Å²) in [7, 11) is -0.979. The van der Waals surface area contributed by atoms with Gasteiger partial charge in [0.05, 0.1) is 17.0 Å². The molecule has 0 aliphatic heterocycles. The normalized spacial score (nSPS) is 11.6. The van der Waals surface area contributed by atoms with Crippen molar-refractivity contribution in [1.82, 2.24) is 9.62 Å². The van der Waals surface area contributed by atoms with Gasteiger partial charge in [-0.3, -0.25) is 4.79 Å². The SMILES string of the molecule is CN(C)S(=O)(=O)c1ccc(F)c(C(=O)NCc2cccs2)c1. The molecule has 5 nitrogen and oxygen atoms in total. The zero-order valence-corrected chi connectivity index (χ0v) is 13.7. The van der Waals surface area contributed by atoms with Gasteiger partial charge in [0.15, 0.2) is 0 Å². The number of amides is 1. The summed E-state index contributed by atoms with van der Waals surface area (Å²) < 4.78 is 38.9. The van der Waals surface area contributed by atoms with Gasteiger partial charge in [-0.2, -0.15) is 0 Å². The highest BCUT2D eigenvalue weighted by atomic mass is 32.2. The molecule has 1 heterocycles. The quantitative estimate of drug-likeness (QED) is 0.904. The van der Waals surface area contributed by atoms with E-state index >= 15 is 0 Å². The summed E-state index contributed by atoms with van der Waals surface area (Å²) in [5.74, 6) is -1.41. The minimum absolute atomic E-state index is 0.125. The first-order chi connectivity index (χ1) is 10.3. The average Bonchev–Trinajstić information content (AvgIpc) is 2.98. The topological polar surface area (TPSA) is 66.5 Å². The molecule has 2 aromatic rings. The third-order valence-electron chi connectivity index (χ3n) is 2.96. The minimum Gasteiger partial charge on any atom is -0.347 e. The van der Waals surface area contributed by atoms with Crippen molar-refractivity contribution in [2.45, 2.75) is 11.4 Å². The summed E-state index contributed by atoms with van der Waals surface area (Å²) in [5, 5.41) is 4.44. The molecule has 1 amide bonds. The predicted molar refractivity (Wildman–Crippen MR) is 82.8 cm³/mol. The molecule has 0 saturated carbocycles. The third kappa shape index (κ3) is 3.52. The van der Waals surface area contributed by atoms with Crippen molar-refractivity contribution < 1.29 is 17.6 Å². The van der Waals surface area contributed by atoms with Crippen LogP contribution < -0.4 is 5.32 Å². The second kappa shape index (κ2) is 6.55. The molecule has 118 valence electrons. The lowest BCUT2D eigenvalue weighted by atomic mass is 10.2. The largest absolute Gasteiger partial charge is 0.347 e. The van der Waals surface area contributed by atoms with E-state index in [0.29, 0.717) is 0 Å². The number of hydrogen-bond acceptors (Lipinski definition) is 4. The summed E-state index contributed by atoms with van der Waals surface area (Å²) in [6.07, 6.45) is 0. The zero-order chi connectivity index (χ0) is 16.3. The van der Waals surface area contributed by atoms with E-state index < -0.39 is 21.7 Å². The van der Waals surface area contributed by atoms with Crippen LogP contribution in [0.1, 0.15) is 15.2 Å². The molecule has 0 spiro atoms. The van der Waals surface area contributed by atoms with Crippen molar-refractivity contribution in [2.75, 3.05) is 14.1 Å². The number of thiophene rings is 1. The fourth-order valence-corrected chi connectivity index (χ4v) is 3.30. The van der Waals surface area contributed by atoms with E-state index in [1.165, 1.54) is 25.4 Å². The summed E-state index contributed by atoms with van der Waals surface area (Å²) in [5.41, 5.74) is -0.292. The van der Waals surface area contributed by atoms with Crippen molar-refractivity contribution in [1.29, 1.82) is 0 Å². The molecule has 0 unspecified atom stereocenters. The lowest BCUT2D eigenvalue weighted by molar-refractivity contribution is 0.0947. The summed E-state index contributed by atoms with van der Waals surface area (Å²) in [6, 6.07) is 6.86. The predicted octanol–water partition coefficient (Wildman–Crippen LogP) is 2.07. The van der Waals surface area contributed by atoms with Gasteiger partial charge in [0.25, 0.3) is 5.91 Å². The van der Waals surface area contributed by atoms with Crippen molar-refractivity contribution in [3.05, 3.63) is 52.0 Å². The molecule has 0 atom stereocenters. The van der Waals surface area contributed by atoms with E-state index in [4.69, 9.17) is 0 Å². The first kappa shape index (κ1) is 16.6. The Labute approximate surface area is 132 Å². The summed E-state index contributed by atoms with van der Waals surface area (Å²) in [4.78, 5) is 12.9. The minimum atomic E-state index is -3.72. The van der Waals surface area contributed by atoms with E-state index in [2.05, 4.69) is 5.32 Å². The van der Waals surface area contributed by atoms with E-state index in [0.717, 1.165) is 27.4 Å². The maximum absolute atomic E-state index is 13.8. The van der Waals surface area contributed by atoms with Gasteiger partial charge >= 0.3 is 0 Å². The highest BCUT2D eigenvalue weighted by Crippen LogP contribution is 2.18. The van der Waals surface area contributed by atoms with Crippen molar-refractivity contribution >= 4 is 27.3 Å². The Morgan fingerprint density at radius 2 is 2.05 bits per heavy atom. The Kier molecular flexibility index (Phi) is 4.94. The second-order valence-corrected chi connectivity index (χ2v) is 7.88. The standard InChI is InChI=1S/C14H15FN2O3S2/c1-17(2)22(19,20)11-5-6-13(15)12(8-11)14(18)16-9-10-4-3-7-21-10/h3-8H,9H2,1-2H3,(H,16,18). The van der Waals surface area contributed by atoms with Crippen LogP contribution >= 0.6 is 11.3 Å². The Balaban J connectivity index is 2.25. The fourth-order valence-electron chi connectivity index (χ4n) is 1.73. The number of benzene rings is 1. The van der Waals surface area contributed by atoms with Gasteiger partial charge in [-0.1, -0.05) is 6.07 Å². The maximum Gasteiger partial charge on any atom is 0.254 e. The molecular formula is C14H15FN2O3S2. The van der Waals surface area contributed by atoms with Crippen molar-refractivity contribution in [3.63, 3.8) is 0 Å². The number of hydrogen-bond donors (Lipinski definition) is 1. The molecular weight excluding hydrogens is 327 g/mol. The van der Waals surface area contributed by atoms with Crippen LogP contribution in [0.4, 0.5) is 4.39 Å². The number of carbonyl (C=O) groups excluding carboxylic acids is 1. The number of nitrogens with zero attached hydrogens (tertiary/aromatic N) is 1. The van der Waals surface area contributed by atoms with E-state index in [9.17, 15) is 17.6 Å². The Morgan fingerprint density at radius 1 is 1.32 bits per heavy atom. The van der Waals surface area contributed by atoms with Gasteiger partial charge in [0.1, 0.15) is 5.82 Å². The van der Waals surface area contributed by atoms with Gasteiger partial charge in [0, 0.05) is 19.0 Å². The molecule has 0 aliphatic rings. The van der Waals surface area contributed by atoms with Gasteiger partial charge in [-0.25, -0.2) is 17.1 Å². The molecule has 0 aliphatic carbocycles. The van der Waals surface area contributed by atoms with Crippen LogP contribution in [0.2, 0.25) is 0 Å². The highest BCUT2D eigenvalue weighted by molar-refractivity contribution is 7.89. The van der Waals surface area contributed by atoms with Crippen LogP contribution in [0.3, 0.4) is 0 Å². The molecule has 1 N–H and O–H groups in total. The second-order valence-electron chi connectivity index (χ2n) is 4.69. The van der Waals surface area contributed by atoms with Gasteiger partial charge in [0.2, 0.25) is 10.0 Å². The smallest absolute Gasteiger partial charge is 0.254 e. The third-order valence-corrected chi connectivity index (χ3v) is 5.65. The molecule has 8 heteroatoms. The van der Waals surface area contributed by atoms with Gasteiger partial charge < -0.3 is 5.32 Å². The van der Waals surface area contributed by atoms with Crippen LogP contribution in [0, 0.1) is 5.82 Å². The van der Waals surface area contributed by atoms with E-state index in [-0.39, 0.29) is 17.0 Å². The maximum atomic E-state index is 13.8. The Bertz CT molecular complexity index is 771. The highest BCUT2D eigenvalue weighted by Gasteiger charge is 2.21. The molecule has 1 aromatic carbocycles. The van der Waals surface area contributed by atoms with Crippen LogP contribution in [0.5, 0.6) is 0 Å². The summed E-state index contributed by atoms with van der Waals surface area (Å²) >= 11 is 1.46.